The molecule has 0 bridgehead atoms. The molecule has 3 nitrogen and oxygen atoms in total. The number of ether oxygens (including phenoxy) is 1. The lowest BCUT2D eigenvalue weighted by atomic mass is 9.79. The van der Waals surface area contributed by atoms with E-state index in [1.165, 1.54) is 0 Å². The van der Waals surface area contributed by atoms with Crippen molar-refractivity contribution in [3.63, 3.8) is 0 Å². The number of nitrogens with zero attached hydrogens (tertiary/aromatic N) is 2. The first kappa shape index (κ1) is 13.5. The van der Waals surface area contributed by atoms with Gasteiger partial charge in [-0.3, -0.25) is 0 Å². The Hall–Kier alpha value is -1.45. The van der Waals surface area contributed by atoms with Crippen LogP contribution < -0.4 is 0 Å². The number of hydrogen-bond acceptors (Lipinski definition) is 3. The third-order valence-electron chi connectivity index (χ3n) is 4.09. The molecule has 1 aliphatic carbocycles. The van der Waals surface area contributed by atoms with Crippen molar-refractivity contribution in [2.45, 2.75) is 31.8 Å². The summed E-state index contributed by atoms with van der Waals surface area (Å²) in [5.74, 6) is 0.709. The highest BCUT2D eigenvalue weighted by atomic mass is 35.5. The van der Waals surface area contributed by atoms with Gasteiger partial charge in [-0.2, -0.15) is 0 Å². The summed E-state index contributed by atoms with van der Waals surface area (Å²) in [7, 11) is 1.72. The Morgan fingerprint density at radius 2 is 1.85 bits per heavy atom. The molecule has 104 valence electrons. The Bertz CT molecular complexity index is 618. The molecule has 1 aromatic heterocycles. The van der Waals surface area contributed by atoms with Crippen LogP contribution >= 0.6 is 11.6 Å². The van der Waals surface area contributed by atoms with Crippen molar-refractivity contribution < 1.29 is 4.74 Å². The molecule has 3 rings (SSSR count). The summed E-state index contributed by atoms with van der Waals surface area (Å²) in [6, 6.07) is 10.1. The maximum absolute atomic E-state index is 6.31. The van der Waals surface area contributed by atoms with Gasteiger partial charge in [0.25, 0.3) is 0 Å². The molecule has 0 amide bonds. The van der Waals surface area contributed by atoms with Gasteiger partial charge >= 0.3 is 0 Å². The molecule has 0 aliphatic heterocycles. The summed E-state index contributed by atoms with van der Waals surface area (Å²) < 4.78 is 5.66. The van der Waals surface area contributed by atoms with Gasteiger partial charge < -0.3 is 4.74 Å². The van der Waals surface area contributed by atoms with Gasteiger partial charge in [0.05, 0.1) is 5.69 Å². The minimum absolute atomic E-state index is 0.346. The van der Waals surface area contributed by atoms with Gasteiger partial charge in [0.2, 0.25) is 0 Å². The van der Waals surface area contributed by atoms with E-state index in [0.29, 0.717) is 11.0 Å². The zero-order chi connectivity index (χ0) is 14.2. The molecule has 0 atom stereocenters. The number of rotatable bonds is 3. The Morgan fingerprint density at radius 3 is 2.40 bits per heavy atom. The normalized spacial score (nSPS) is 16.8. The molecule has 1 fully saturated rings. The molecule has 4 heteroatoms. The molecule has 0 spiro atoms. The van der Waals surface area contributed by atoms with E-state index in [2.05, 4.69) is 4.98 Å². The predicted molar refractivity (Wildman–Crippen MR) is 79.8 cm³/mol. The molecule has 0 saturated heterocycles. The SMILES string of the molecule is COC1(c2nc(Cl)c(C)c(-c3ccccc3)n2)CCC1. The minimum Gasteiger partial charge on any atom is -0.370 e. The Balaban J connectivity index is 2.13. The zero-order valence-electron chi connectivity index (χ0n) is 11.7. The molecule has 0 radical (unpaired) electrons. The fraction of sp³-hybridized carbons (Fsp3) is 0.375. The molecule has 1 aromatic carbocycles. The van der Waals surface area contributed by atoms with Gasteiger partial charge in [-0.1, -0.05) is 41.9 Å². The smallest absolute Gasteiger partial charge is 0.162 e. The lowest BCUT2D eigenvalue weighted by molar-refractivity contribution is -0.0845. The van der Waals surface area contributed by atoms with Crippen molar-refractivity contribution in [3.05, 3.63) is 46.9 Å². The van der Waals surface area contributed by atoms with Gasteiger partial charge in [0.15, 0.2) is 5.82 Å². The van der Waals surface area contributed by atoms with Crippen LogP contribution in [0.3, 0.4) is 0 Å². The van der Waals surface area contributed by atoms with E-state index in [1.54, 1.807) is 7.11 Å². The maximum Gasteiger partial charge on any atom is 0.162 e. The number of halogens is 1. The standard InChI is InChI=1S/C16H17ClN2O/c1-11-13(12-7-4-3-5-8-12)18-15(19-14(11)17)16(20-2)9-6-10-16/h3-5,7-8H,6,9-10H2,1-2H3. The minimum atomic E-state index is -0.346. The number of methoxy groups -OCH3 is 1. The van der Waals surface area contributed by atoms with Crippen molar-refractivity contribution in [1.29, 1.82) is 0 Å². The summed E-state index contributed by atoms with van der Waals surface area (Å²) in [6.07, 6.45) is 3.05. The van der Waals surface area contributed by atoms with Crippen LogP contribution in [0.15, 0.2) is 30.3 Å². The van der Waals surface area contributed by atoms with Crippen LogP contribution in [-0.4, -0.2) is 17.1 Å². The molecular weight excluding hydrogens is 272 g/mol. The first-order chi connectivity index (χ1) is 9.66. The van der Waals surface area contributed by atoms with Gasteiger partial charge in [-0.25, -0.2) is 9.97 Å². The van der Waals surface area contributed by atoms with Gasteiger partial charge in [-0.05, 0) is 26.2 Å². The Labute approximate surface area is 124 Å². The highest BCUT2D eigenvalue weighted by Crippen LogP contribution is 2.43. The number of aromatic nitrogens is 2. The second kappa shape index (κ2) is 5.15. The van der Waals surface area contributed by atoms with Crippen molar-refractivity contribution in [1.82, 2.24) is 9.97 Å². The molecule has 20 heavy (non-hydrogen) atoms. The number of benzene rings is 1. The fourth-order valence-corrected chi connectivity index (χ4v) is 2.76. The molecule has 0 unspecified atom stereocenters. The first-order valence-electron chi connectivity index (χ1n) is 6.81. The van der Waals surface area contributed by atoms with Gasteiger partial charge in [-0.15, -0.1) is 0 Å². The van der Waals surface area contributed by atoms with E-state index < -0.39 is 0 Å². The zero-order valence-corrected chi connectivity index (χ0v) is 12.4. The molecule has 1 heterocycles. The summed E-state index contributed by atoms with van der Waals surface area (Å²) >= 11 is 6.31. The molecular formula is C16H17ClN2O. The molecule has 0 N–H and O–H groups in total. The quantitative estimate of drug-likeness (QED) is 0.797. The van der Waals surface area contributed by atoms with Crippen molar-refractivity contribution in [2.75, 3.05) is 7.11 Å². The van der Waals surface area contributed by atoms with E-state index in [9.17, 15) is 0 Å². The monoisotopic (exact) mass is 288 g/mol. The van der Waals surface area contributed by atoms with E-state index in [0.717, 1.165) is 36.1 Å². The van der Waals surface area contributed by atoms with Crippen molar-refractivity contribution in [2.24, 2.45) is 0 Å². The summed E-state index contributed by atoms with van der Waals surface area (Å²) in [5.41, 5.74) is 2.51. The van der Waals surface area contributed by atoms with Crippen LogP contribution in [0.2, 0.25) is 5.15 Å². The summed E-state index contributed by atoms with van der Waals surface area (Å²) in [5, 5.41) is 0.511. The fourth-order valence-electron chi connectivity index (χ4n) is 2.59. The summed E-state index contributed by atoms with van der Waals surface area (Å²) in [6.45, 7) is 1.95. The van der Waals surface area contributed by atoms with Crippen LogP contribution in [-0.2, 0) is 10.3 Å². The second-order valence-electron chi connectivity index (χ2n) is 5.23. The average molecular weight is 289 g/mol. The topological polar surface area (TPSA) is 35.0 Å². The molecule has 2 aromatic rings. The summed E-state index contributed by atoms with van der Waals surface area (Å²) in [4.78, 5) is 9.20. The number of hydrogen-bond donors (Lipinski definition) is 0. The third-order valence-corrected chi connectivity index (χ3v) is 4.46. The lowest BCUT2D eigenvalue weighted by Crippen LogP contribution is -2.38. The molecule has 1 saturated carbocycles. The third kappa shape index (κ3) is 2.11. The predicted octanol–water partition coefficient (Wildman–Crippen LogP) is 4.13. The van der Waals surface area contributed by atoms with E-state index in [1.807, 2.05) is 37.3 Å². The highest BCUT2D eigenvalue weighted by Gasteiger charge is 2.42. The highest BCUT2D eigenvalue weighted by molar-refractivity contribution is 6.30. The van der Waals surface area contributed by atoms with Crippen LogP contribution in [0.1, 0.15) is 30.7 Å². The largest absolute Gasteiger partial charge is 0.370 e. The lowest BCUT2D eigenvalue weighted by Gasteiger charge is -2.39. The van der Waals surface area contributed by atoms with Crippen molar-refractivity contribution >= 4 is 11.6 Å². The second-order valence-corrected chi connectivity index (χ2v) is 5.59. The Morgan fingerprint density at radius 1 is 1.15 bits per heavy atom. The van der Waals surface area contributed by atoms with Gasteiger partial charge in [0.1, 0.15) is 10.8 Å². The van der Waals surface area contributed by atoms with E-state index >= 15 is 0 Å². The van der Waals surface area contributed by atoms with E-state index in [-0.39, 0.29) is 5.60 Å². The van der Waals surface area contributed by atoms with Crippen LogP contribution in [0.5, 0.6) is 0 Å². The van der Waals surface area contributed by atoms with Crippen LogP contribution in [0.4, 0.5) is 0 Å². The van der Waals surface area contributed by atoms with Crippen LogP contribution in [0, 0.1) is 6.92 Å². The van der Waals surface area contributed by atoms with E-state index in [4.69, 9.17) is 21.3 Å². The van der Waals surface area contributed by atoms with Gasteiger partial charge in [0, 0.05) is 18.2 Å². The average Bonchev–Trinajstić information content (AvgIpc) is 2.43. The Kier molecular flexibility index (Phi) is 3.48. The van der Waals surface area contributed by atoms with Crippen molar-refractivity contribution in [3.8, 4) is 11.3 Å². The first-order valence-corrected chi connectivity index (χ1v) is 7.19. The van der Waals surface area contributed by atoms with Crippen LogP contribution in [0.25, 0.3) is 11.3 Å². The maximum atomic E-state index is 6.31. The molecule has 1 aliphatic rings.